The third kappa shape index (κ3) is 4.13. The molecule has 3 nitrogen and oxygen atoms in total. The van der Waals surface area contributed by atoms with Crippen molar-refractivity contribution in [2.24, 2.45) is 0 Å². The maximum Gasteiger partial charge on any atom is 1.00 e. The van der Waals surface area contributed by atoms with Crippen LogP contribution in [0, 0.1) is 0 Å². The van der Waals surface area contributed by atoms with Crippen LogP contribution in [0.5, 0.6) is 0 Å². The van der Waals surface area contributed by atoms with Crippen molar-refractivity contribution in [3.05, 3.63) is 0 Å². The zero-order chi connectivity index (χ0) is 23.6. The van der Waals surface area contributed by atoms with E-state index >= 15 is 0 Å². The third-order valence-electron chi connectivity index (χ3n) is 2.89. The molecule has 0 aromatic carbocycles. The van der Waals surface area contributed by atoms with Gasteiger partial charge in [-0.1, -0.05) is 0 Å². The number of hydrogen-bond donors (Lipinski definition) is 0. The van der Waals surface area contributed by atoms with Crippen LogP contribution in [0.2, 0.25) is 0 Å². The Balaban J connectivity index is 0. The standard InChI is InChI=1S/C8H2F16O3S.Li/c9-1(3(12,13)14)2(10,11)4(15,16)5(17,18)6(19,20)7(21,22)8(23,24)28(25,26)27;/h1H,(H,25,26,27);/q;+1/p-1. The fourth-order valence-corrected chi connectivity index (χ4v) is 1.75. The average molecular weight is 488 g/mol. The Bertz CT molecular complexity index is 697. The number of halogens is 16. The summed E-state index contributed by atoms with van der Waals surface area (Å²) in [5.41, 5.74) is 0. The van der Waals surface area contributed by atoms with Crippen molar-refractivity contribution >= 4 is 10.1 Å². The van der Waals surface area contributed by atoms with Crippen LogP contribution < -0.4 is 18.9 Å². The van der Waals surface area contributed by atoms with Gasteiger partial charge in [-0.15, -0.1) is 0 Å². The predicted octanol–water partition coefficient (Wildman–Crippen LogP) is 1.21. The van der Waals surface area contributed by atoms with E-state index in [1.54, 1.807) is 0 Å². The van der Waals surface area contributed by atoms with Crippen molar-refractivity contribution in [2.45, 2.75) is 47.2 Å². The van der Waals surface area contributed by atoms with Crippen LogP contribution in [0.25, 0.3) is 0 Å². The molecule has 1 unspecified atom stereocenters. The summed E-state index contributed by atoms with van der Waals surface area (Å²) < 4.78 is 232. The Hall–Kier alpha value is -0.613. The van der Waals surface area contributed by atoms with E-state index in [2.05, 4.69) is 0 Å². The maximum absolute atomic E-state index is 13.0. The van der Waals surface area contributed by atoms with Crippen LogP contribution in [0.3, 0.4) is 0 Å². The molecule has 0 aromatic rings. The first-order chi connectivity index (χ1) is 11.7. The smallest absolute Gasteiger partial charge is 0.743 e. The van der Waals surface area contributed by atoms with Crippen molar-refractivity contribution in [1.29, 1.82) is 0 Å². The van der Waals surface area contributed by atoms with Gasteiger partial charge in [0.05, 0.1) is 0 Å². The van der Waals surface area contributed by atoms with Crippen molar-refractivity contribution in [1.82, 2.24) is 0 Å². The molecule has 29 heavy (non-hydrogen) atoms. The largest absolute Gasteiger partial charge is 1.00 e. The normalized spacial score (nSPS) is 17.0. The van der Waals surface area contributed by atoms with Gasteiger partial charge in [0.25, 0.3) is 6.17 Å². The molecule has 0 N–H and O–H groups in total. The Labute approximate surface area is 160 Å². The molecular formula is C8HF16LiO3S. The molecule has 0 aliphatic carbocycles. The second-order valence-electron chi connectivity index (χ2n) is 4.80. The summed E-state index contributed by atoms with van der Waals surface area (Å²) in [5.74, 6) is -42.1. The molecule has 0 fully saturated rings. The number of alkyl halides is 16. The first kappa shape index (κ1) is 30.6. The van der Waals surface area contributed by atoms with Crippen molar-refractivity contribution in [3.63, 3.8) is 0 Å². The second-order valence-corrected chi connectivity index (χ2v) is 6.22. The van der Waals surface area contributed by atoms with Crippen molar-refractivity contribution in [2.75, 3.05) is 0 Å². The van der Waals surface area contributed by atoms with Crippen molar-refractivity contribution in [3.8, 4) is 0 Å². The molecule has 1 atom stereocenters. The average Bonchev–Trinajstić information content (AvgIpc) is 2.42. The van der Waals surface area contributed by atoms with Gasteiger partial charge in [0.15, 0.2) is 10.1 Å². The van der Waals surface area contributed by atoms with Crippen LogP contribution in [-0.4, -0.2) is 60.2 Å². The zero-order valence-corrected chi connectivity index (χ0v) is 13.6. The summed E-state index contributed by atoms with van der Waals surface area (Å²) in [6.07, 6.45) is -13.6. The van der Waals surface area contributed by atoms with E-state index < -0.39 is 57.3 Å². The maximum atomic E-state index is 13.0. The number of hydrogen-bond acceptors (Lipinski definition) is 3. The van der Waals surface area contributed by atoms with E-state index in [0.717, 1.165) is 0 Å². The van der Waals surface area contributed by atoms with E-state index in [4.69, 9.17) is 0 Å². The van der Waals surface area contributed by atoms with Gasteiger partial charge in [0.1, 0.15) is 0 Å². The number of rotatable bonds is 7. The van der Waals surface area contributed by atoms with Gasteiger partial charge in [-0.2, -0.15) is 65.9 Å². The quantitative estimate of drug-likeness (QED) is 0.308. The van der Waals surface area contributed by atoms with Gasteiger partial charge in [-0.25, -0.2) is 12.8 Å². The summed E-state index contributed by atoms with van der Waals surface area (Å²) in [5, 5.41) is -7.85. The molecule has 0 rings (SSSR count). The van der Waals surface area contributed by atoms with E-state index in [1.165, 1.54) is 0 Å². The molecule has 0 saturated heterocycles. The Morgan fingerprint density at radius 1 is 0.586 bits per heavy atom. The summed E-state index contributed by atoms with van der Waals surface area (Å²) >= 11 is 0. The Kier molecular flexibility index (Phi) is 7.92. The van der Waals surface area contributed by atoms with E-state index in [9.17, 15) is 83.2 Å². The van der Waals surface area contributed by atoms with Crippen molar-refractivity contribution < 1.29 is 102 Å². The molecule has 0 heterocycles. The van der Waals surface area contributed by atoms with Gasteiger partial charge >= 0.3 is 59.9 Å². The molecule has 0 amide bonds. The van der Waals surface area contributed by atoms with Gasteiger partial charge in [0.2, 0.25) is 0 Å². The Morgan fingerprint density at radius 3 is 1.10 bits per heavy atom. The summed E-state index contributed by atoms with van der Waals surface area (Å²) in [4.78, 5) is 0. The minimum atomic E-state index is -8.66. The van der Waals surface area contributed by atoms with E-state index in [1.807, 2.05) is 0 Å². The van der Waals surface area contributed by atoms with Gasteiger partial charge in [-0.05, 0) is 0 Å². The Morgan fingerprint density at radius 2 is 0.862 bits per heavy atom. The van der Waals surface area contributed by atoms with E-state index in [0.29, 0.717) is 0 Å². The minimum absolute atomic E-state index is 0. The molecule has 0 bridgehead atoms. The van der Waals surface area contributed by atoms with Crippen LogP contribution in [0.1, 0.15) is 0 Å². The summed E-state index contributed by atoms with van der Waals surface area (Å²) in [7, 11) is -8.06. The predicted molar refractivity (Wildman–Crippen MR) is 50.3 cm³/mol. The SMILES string of the molecule is O=S(=O)([O-])C(F)(F)C(F)(F)C(F)(F)C(F)(F)C(F)(F)C(F)(F)C(F)C(F)(F)F.[Li+]. The fraction of sp³-hybridized carbons (Fsp3) is 1.00. The monoisotopic (exact) mass is 488 g/mol. The van der Waals surface area contributed by atoms with Gasteiger partial charge in [0, 0.05) is 0 Å². The van der Waals surface area contributed by atoms with Gasteiger partial charge in [-0.3, -0.25) is 0 Å². The third-order valence-corrected chi connectivity index (χ3v) is 3.77. The molecule has 0 aliphatic heterocycles. The van der Waals surface area contributed by atoms with Crippen LogP contribution in [0.4, 0.5) is 70.2 Å². The van der Waals surface area contributed by atoms with Crippen LogP contribution in [-0.2, 0) is 10.1 Å². The molecule has 0 aromatic heterocycles. The molecular weight excluding hydrogens is 487 g/mol. The minimum Gasteiger partial charge on any atom is -0.743 e. The van der Waals surface area contributed by atoms with Gasteiger partial charge < -0.3 is 4.55 Å². The molecule has 0 radical (unpaired) electrons. The summed E-state index contributed by atoms with van der Waals surface area (Å²) in [6, 6.07) is 0. The summed E-state index contributed by atoms with van der Waals surface area (Å²) in [6.45, 7) is 0. The molecule has 170 valence electrons. The molecule has 21 heteroatoms. The second kappa shape index (κ2) is 7.51. The molecule has 0 aliphatic rings. The zero-order valence-electron chi connectivity index (χ0n) is 12.8. The molecule has 0 spiro atoms. The van der Waals surface area contributed by atoms with Crippen LogP contribution >= 0.6 is 0 Å². The molecule has 0 saturated carbocycles. The van der Waals surface area contributed by atoms with E-state index in [-0.39, 0.29) is 18.9 Å². The first-order valence-corrected chi connectivity index (χ1v) is 6.99. The fourth-order valence-electron chi connectivity index (χ4n) is 1.31. The first-order valence-electron chi connectivity index (χ1n) is 5.58. The van der Waals surface area contributed by atoms with Crippen LogP contribution in [0.15, 0.2) is 0 Å². The topological polar surface area (TPSA) is 57.2 Å².